The number of benzene rings is 3. The van der Waals surface area contributed by atoms with Crippen LogP contribution >= 0.6 is 0 Å². The van der Waals surface area contributed by atoms with Gasteiger partial charge in [0.25, 0.3) is 0 Å². The summed E-state index contributed by atoms with van der Waals surface area (Å²) >= 11 is 0. The number of rotatable bonds is 14. The van der Waals surface area contributed by atoms with Gasteiger partial charge >= 0.3 is 0 Å². The molecule has 0 unspecified atom stereocenters. The Hall–Kier alpha value is -3.10. The van der Waals surface area contributed by atoms with E-state index in [1.54, 1.807) is 14.2 Å². The van der Waals surface area contributed by atoms with Gasteiger partial charge < -0.3 is 29.0 Å². The lowest BCUT2D eigenvalue weighted by Crippen LogP contribution is -2.35. The summed E-state index contributed by atoms with van der Waals surface area (Å²) in [6, 6.07) is 22.5. The Morgan fingerprint density at radius 3 is 2.22 bits per heavy atom. The van der Waals surface area contributed by atoms with E-state index in [1.165, 1.54) is 10.8 Å². The van der Waals surface area contributed by atoms with Crippen LogP contribution in [-0.2, 0) is 17.8 Å². The van der Waals surface area contributed by atoms with Crippen molar-refractivity contribution in [3.8, 4) is 11.5 Å². The highest BCUT2D eigenvalue weighted by Crippen LogP contribution is 2.30. The van der Waals surface area contributed by atoms with Crippen LogP contribution in [0.2, 0.25) is 0 Å². The molecular weight excluding hydrogens is 456 g/mol. The molecule has 0 saturated carbocycles. The average Bonchev–Trinajstić information content (AvgIpc) is 3.21. The Bertz CT molecular complexity index is 1200. The maximum Gasteiger partial charge on any atom is 0.161 e. The van der Waals surface area contributed by atoms with Gasteiger partial charge in [-0.1, -0.05) is 42.5 Å². The zero-order chi connectivity index (χ0) is 25.3. The second-order valence-corrected chi connectivity index (χ2v) is 8.94. The third kappa shape index (κ3) is 6.17. The maximum atomic E-state index is 11.2. The van der Waals surface area contributed by atoms with Gasteiger partial charge in [0.15, 0.2) is 11.5 Å². The van der Waals surface area contributed by atoms with Crippen molar-refractivity contribution < 1.29 is 24.4 Å². The predicted molar refractivity (Wildman–Crippen MR) is 143 cm³/mol. The first-order valence-corrected chi connectivity index (χ1v) is 12.4. The molecule has 0 radical (unpaired) electrons. The zero-order valence-corrected chi connectivity index (χ0v) is 21.1. The molecule has 7 heteroatoms. The van der Waals surface area contributed by atoms with Crippen molar-refractivity contribution in [2.75, 3.05) is 47.1 Å². The molecule has 0 fully saturated rings. The van der Waals surface area contributed by atoms with Crippen molar-refractivity contribution in [2.24, 2.45) is 0 Å². The Morgan fingerprint density at radius 1 is 0.889 bits per heavy atom. The second kappa shape index (κ2) is 12.7. The summed E-state index contributed by atoms with van der Waals surface area (Å²) < 4.78 is 18.6. The third-order valence-electron chi connectivity index (χ3n) is 6.35. The van der Waals surface area contributed by atoms with E-state index in [0.29, 0.717) is 57.3 Å². The van der Waals surface area contributed by atoms with Crippen LogP contribution in [0.4, 0.5) is 0 Å². The smallest absolute Gasteiger partial charge is 0.161 e. The number of fused-ring (bicyclic) bond motifs is 3. The number of aromatic nitrogens is 1. The van der Waals surface area contributed by atoms with E-state index in [1.807, 2.05) is 42.5 Å². The molecule has 192 valence electrons. The summed E-state index contributed by atoms with van der Waals surface area (Å²) in [6.45, 7) is 3.28. The minimum Gasteiger partial charge on any atom is -0.493 e. The molecule has 0 aliphatic heterocycles. The lowest BCUT2D eigenvalue weighted by molar-refractivity contribution is 0.0920. The van der Waals surface area contributed by atoms with Crippen LogP contribution in [0, 0.1) is 0 Å². The van der Waals surface area contributed by atoms with Crippen molar-refractivity contribution in [2.45, 2.75) is 25.6 Å². The highest BCUT2D eigenvalue weighted by molar-refractivity contribution is 6.07. The molecule has 0 bridgehead atoms. The standard InChI is InChI=1S/C29H36N2O5/c1-34-16-17-36-29-18-22(12-13-28(29)35-2)19-30(14-7-15-32)20-23(33)21-31-26-10-5-3-8-24(26)25-9-4-6-11-27(25)31/h3-6,8-13,18,23,32-33H,7,14-17,19-21H2,1-2H3/t23-/m0/s1. The van der Waals surface area contributed by atoms with E-state index >= 15 is 0 Å². The lowest BCUT2D eigenvalue weighted by Gasteiger charge is -2.26. The largest absolute Gasteiger partial charge is 0.493 e. The molecule has 1 atom stereocenters. The van der Waals surface area contributed by atoms with Gasteiger partial charge in [-0.25, -0.2) is 0 Å². The van der Waals surface area contributed by atoms with Crippen LogP contribution < -0.4 is 9.47 Å². The number of nitrogens with zero attached hydrogens (tertiary/aromatic N) is 2. The molecule has 0 aliphatic carbocycles. The first-order chi connectivity index (χ1) is 17.6. The molecule has 3 aromatic carbocycles. The first-order valence-electron chi connectivity index (χ1n) is 12.4. The van der Waals surface area contributed by atoms with Crippen molar-refractivity contribution in [3.63, 3.8) is 0 Å². The fourth-order valence-corrected chi connectivity index (χ4v) is 4.72. The zero-order valence-electron chi connectivity index (χ0n) is 21.1. The Labute approximate surface area is 212 Å². The fraction of sp³-hybridized carbons (Fsp3) is 0.379. The number of aliphatic hydroxyl groups is 2. The Balaban J connectivity index is 1.51. The number of methoxy groups -OCH3 is 2. The molecule has 7 nitrogen and oxygen atoms in total. The summed E-state index contributed by atoms with van der Waals surface area (Å²) in [5.41, 5.74) is 3.28. The molecule has 4 rings (SSSR count). The predicted octanol–water partition coefficient (Wildman–Crippen LogP) is 4.07. The van der Waals surface area contributed by atoms with Gasteiger partial charge in [0, 0.05) is 55.2 Å². The number of ether oxygens (including phenoxy) is 3. The summed E-state index contributed by atoms with van der Waals surface area (Å²) in [5, 5.41) is 23.0. The van der Waals surface area contributed by atoms with Crippen LogP contribution in [0.5, 0.6) is 11.5 Å². The maximum absolute atomic E-state index is 11.2. The summed E-state index contributed by atoms with van der Waals surface area (Å²) in [4.78, 5) is 2.18. The minimum atomic E-state index is -0.585. The van der Waals surface area contributed by atoms with Gasteiger partial charge in [-0.15, -0.1) is 0 Å². The van der Waals surface area contributed by atoms with Crippen LogP contribution in [0.15, 0.2) is 66.7 Å². The van der Waals surface area contributed by atoms with E-state index in [-0.39, 0.29) is 6.61 Å². The normalized spacial score (nSPS) is 12.5. The van der Waals surface area contributed by atoms with Crippen LogP contribution in [0.25, 0.3) is 21.8 Å². The molecular formula is C29H36N2O5. The van der Waals surface area contributed by atoms with Crippen molar-refractivity contribution >= 4 is 21.8 Å². The highest BCUT2D eigenvalue weighted by Gasteiger charge is 2.17. The summed E-state index contributed by atoms with van der Waals surface area (Å²) in [7, 11) is 3.26. The molecule has 1 heterocycles. The fourth-order valence-electron chi connectivity index (χ4n) is 4.72. The van der Waals surface area contributed by atoms with Crippen LogP contribution in [0.1, 0.15) is 12.0 Å². The molecule has 0 saturated heterocycles. The molecule has 0 aliphatic rings. The van der Waals surface area contributed by atoms with Crippen molar-refractivity contribution in [3.05, 3.63) is 72.3 Å². The number of hydrogen-bond donors (Lipinski definition) is 2. The van der Waals surface area contributed by atoms with Gasteiger partial charge in [-0.05, 0) is 36.2 Å². The molecule has 2 N–H and O–H groups in total. The lowest BCUT2D eigenvalue weighted by atomic mass is 10.1. The minimum absolute atomic E-state index is 0.105. The van der Waals surface area contributed by atoms with Gasteiger partial charge in [0.1, 0.15) is 6.61 Å². The monoisotopic (exact) mass is 492 g/mol. The van der Waals surface area contributed by atoms with E-state index in [4.69, 9.17) is 14.2 Å². The van der Waals surface area contributed by atoms with Gasteiger partial charge in [-0.3, -0.25) is 4.90 Å². The van der Waals surface area contributed by atoms with E-state index in [2.05, 4.69) is 33.7 Å². The number of hydrogen-bond acceptors (Lipinski definition) is 6. The third-order valence-corrected chi connectivity index (χ3v) is 6.35. The SMILES string of the molecule is COCCOc1cc(CN(CCCO)C[C@H](O)Cn2c3ccccc3c3ccccc32)ccc1OC. The molecule has 0 spiro atoms. The van der Waals surface area contributed by atoms with Crippen LogP contribution in [0.3, 0.4) is 0 Å². The average molecular weight is 493 g/mol. The molecule has 4 aromatic rings. The first kappa shape index (κ1) is 26.0. The quantitative estimate of drug-likeness (QED) is 0.259. The van der Waals surface area contributed by atoms with Gasteiger partial charge in [-0.2, -0.15) is 0 Å². The van der Waals surface area contributed by atoms with Crippen LogP contribution in [-0.4, -0.2) is 72.9 Å². The second-order valence-electron chi connectivity index (χ2n) is 8.94. The van der Waals surface area contributed by atoms with Crippen molar-refractivity contribution in [1.29, 1.82) is 0 Å². The Morgan fingerprint density at radius 2 is 1.58 bits per heavy atom. The number of aliphatic hydroxyl groups excluding tert-OH is 2. The van der Waals surface area contributed by atoms with E-state index in [0.717, 1.165) is 16.6 Å². The van der Waals surface area contributed by atoms with Gasteiger partial charge in [0.05, 0.1) is 26.4 Å². The topological polar surface area (TPSA) is 76.3 Å². The highest BCUT2D eigenvalue weighted by atomic mass is 16.5. The van der Waals surface area contributed by atoms with Gasteiger partial charge in [0.2, 0.25) is 0 Å². The molecule has 1 aromatic heterocycles. The van der Waals surface area contributed by atoms with E-state index < -0.39 is 6.10 Å². The summed E-state index contributed by atoms with van der Waals surface area (Å²) in [6.07, 6.45) is 0.0497. The van der Waals surface area contributed by atoms with E-state index in [9.17, 15) is 10.2 Å². The molecule has 0 amide bonds. The van der Waals surface area contributed by atoms with Crippen molar-refractivity contribution in [1.82, 2.24) is 9.47 Å². The number of para-hydroxylation sites is 2. The molecule has 36 heavy (non-hydrogen) atoms. The summed E-state index contributed by atoms with van der Waals surface area (Å²) in [5.74, 6) is 1.34. The Kier molecular flexibility index (Phi) is 9.19.